The highest BCUT2D eigenvalue weighted by Gasteiger charge is 2.25. The monoisotopic (exact) mass is 262 g/mol. The van der Waals surface area contributed by atoms with Crippen molar-refractivity contribution in [3.05, 3.63) is 29.3 Å². The lowest BCUT2D eigenvalue weighted by Crippen LogP contribution is -2.47. The summed E-state index contributed by atoms with van der Waals surface area (Å²) in [6.07, 6.45) is 2.82. The number of piperidine rings is 1. The van der Waals surface area contributed by atoms with Gasteiger partial charge in [0, 0.05) is 0 Å². The molecule has 3 N–H and O–H groups in total. The molecule has 1 fully saturated rings. The molecule has 1 aliphatic rings. The summed E-state index contributed by atoms with van der Waals surface area (Å²) in [6.45, 7) is 2.93. The van der Waals surface area contributed by atoms with Crippen molar-refractivity contribution < 1.29 is 9.53 Å². The van der Waals surface area contributed by atoms with E-state index in [-0.39, 0.29) is 11.9 Å². The van der Waals surface area contributed by atoms with E-state index in [1.807, 2.05) is 6.07 Å². The van der Waals surface area contributed by atoms with Crippen LogP contribution in [-0.4, -0.2) is 25.6 Å². The number of primary amides is 1. The normalized spacial score (nSPS) is 23.1. The fraction of sp³-hybridized carbons (Fsp3) is 0.533. The van der Waals surface area contributed by atoms with E-state index < -0.39 is 0 Å². The second-order valence-corrected chi connectivity index (χ2v) is 5.32. The molecular formula is C15H22N2O2. The molecule has 1 aliphatic heterocycles. The first-order valence-corrected chi connectivity index (χ1v) is 6.76. The van der Waals surface area contributed by atoms with E-state index in [0.717, 1.165) is 31.6 Å². The van der Waals surface area contributed by atoms with Gasteiger partial charge in [0.25, 0.3) is 0 Å². The fourth-order valence-electron chi connectivity index (χ4n) is 2.78. The molecule has 2 rings (SSSR count). The summed E-state index contributed by atoms with van der Waals surface area (Å²) >= 11 is 0. The van der Waals surface area contributed by atoms with Crippen LogP contribution in [0.2, 0.25) is 0 Å². The minimum absolute atomic E-state index is 0.186. The highest BCUT2D eigenvalue weighted by Crippen LogP contribution is 2.27. The topological polar surface area (TPSA) is 64.3 Å². The number of amides is 1. The predicted octanol–water partition coefficient (Wildman–Crippen LogP) is 1.40. The van der Waals surface area contributed by atoms with Crippen LogP contribution in [0.3, 0.4) is 0 Å². The molecular weight excluding hydrogens is 240 g/mol. The number of ether oxygens (including phenoxy) is 1. The van der Waals surface area contributed by atoms with Crippen molar-refractivity contribution in [3.8, 4) is 5.75 Å². The molecule has 104 valence electrons. The van der Waals surface area contributed by atoms with E-state index in [0.29, 0.717) is 5.92 Å². The van der Waals surface area contributed by atoms with Gasteiger partial charge in [-0.25, -0.2) is 0 Å². The highest BCUT2D eigenvalue weighted by atomic mass is 16.5. The van der Waals surface area contributed by atoms with Crippen molar-refractivity contribution in [2.24, 2.45) is 11.7 Å². The Kier molecular flexibility index (Phi) is 4.43. The summed E-state index contributed by atoms with van der Waals surface area (Å²) in [7, 11) is 1.70. The number of rotatable bonds is 4. The van der Waals surface area contributed by atoms with Gasteiger partial charge >= 0.3 is 0 Å². The van der Waals surface area contributed by atoms with E-state index in [1.165, 1.54) is 11.1 Å². The van der Waals surface area contributed by atoms with Crippen molar-refractivity contribution in [1.82, 2.24) is 5.32 Å². The van der Waals surface area contributed by atoms with Gasteiger partial charge in [-0.1, -0.05) is 17.7 Å². The Morgan fingerprint density at radius 3 is 3.00 bits per heavy atom. The van der Waals surface area contributed by atoms with Crippen molar-refractivity contribution in [2.75, 3.05) is 13.7 Å². The average molecular weight is 262 g/mol. The molecule has 2 atom stereocenters. The van der Waals surface area contributed by atoms with Crippen molar-refractivity contribution in [2.45, 2.75) is 32.2 Å². The third kappa shape index (κ3) is 3.47. The number of nitrogens with one attached hydrogen (secondary N) is 1. The molecule has 0 bridgehead atoms. The van der Waals surface area contributed by atoms with Gasteiger partial charge in [-0.2, -0.15) is 0 Å². The van der Waals surface area contributed by atoms with E-state index in [9.17, 15) is 4.79 Å². The molecule has 4 nitrogen and oxygen atoms in total. The van der Waals surface area contributed by atoms with Crippen LogP contribution in [0.1, 0.15) is 24.0 Å². The Morgan fingerprint density at radius 2 is 2.32 bits per heavy atom. The molecule has 1 aromatic rings. The van der Waals surface area contributed by atoms with Crippen molar-refractivity contribution >= 4 is 5.91 Å². The maximum absolute atomic E-state index is 11.3. The Labute approximate surface area is 114 Å². The standard InChI is InChI=1S/C15H22N2O2/c1-10-3-4-14(19-2)12(7-10)8-11-5-6-17-13(9-11)15(16)18/h3-4,7,11,13,17H,5-6,8-9H2,1-2H3,(H2,16,18). The summed E-state index contributed by atoms with van der Waals surface area (Å²) in [5, 5.41) is 3.17. The summed E-state index contributed by atoms with van der Waals surface area (Å²) in [4.78, 5) is 11.3. The third-order valence-electron chi connectivity index (χ3n) is 3.80. The molecule has 1 saturated heterocycles. The molecule has 0 aliphatic carbocycles. The molecule has 1 amide bonds. The van der Waals surface area contributed by atoms with Crippen LogP contribution >= 0.6 is 0 Å². The van der Waals surface area contributed by atoms with Gasteiger partial charge < -0.3 is 15.8 Å². The first-order chi connectivity index (χ1) is 9.10. The number of nitrogens with two attached hydrogens (primary N) is 1. The first kappa shape index (κ1) is 13.9. The fourth-order valence-corrected chi connectivity index (χ4v) is 2.78. The molecule has 19 heavy (non-hydrogen) atoms. The minimum atomic E-state index is -0.249. The third-order valence-corrected chi connectivity index (χ3v) is 3.80. The Hall–Kier alpha value is -1.55. The minimum Gasteiger partial charge on any atom is -0.496 e. The van der Waals surface area contributed by atoms with Crippen LogP contribution in [0.5, 0.6) is 5.75 Å². The van der Waals surface area contributed by atoms with E-state index in [2.05, 4.69) is 24.4 Å². The zero-order valence-electron chi connectivity index (χ0n) is 11.6. The second-order valence-electron chi connectivity index (χ2n) is 5.32. The molecule has 2 unspecified atom stereocenters. The largest absolute Gasteiger partial charge is 0.496 e. The molecule has 0 spiro atoms. The maximum atomic E-state index is 11.3. The number of methoxy groups -OCH3 is 1. The van der Waals surface area contributed by atoms with Crippen LogP contribution in [0.4, 0.5) is 0 Å². The van der Waals surface area contributed by atoms with E-state index >= 15 is 0 Å². The molecule has 1 heterocycles. The highest BCUT2D eigenvalue weighted by molar-refractivity contribution is 5.79. The van der Waals surface area contributed by atoms with Gasteiger partial charge in [-0.15, -0.1) is 0 Å². The summed E-state index contributed by atoms with van der Waals surface area (Å²) in [6, 6.07) is 6.04. The lowest BCUT2D eigenvalue weighted by Gasteiger charge is -2.28. The number of benzene rings is 1. The van der Waals surface area contributed by atoms with Crippen LogP contribution in [0.15, 0.2) is 18.2 Å². The summed E-state index contributed by atoms with van der Waals surface area (Å²) in [5.41, 5.74) is 7.83. The number of hydrogen-bond acceptors (Lipinski definition) is 3. The average Bonchev–Trinajstić information content (AvgIpc) is 2.39. The predicted molar refractivity (Wildman–Crippen MR) is 75.1 cm³/mol. The number of hydrogen-bond donors (Lipinski definition) is 2. The smallest absolute Gasteiger partial charge is 0.234 e. The molecule has 4 heteroatoms. The van der Waals surface area contributed by atoms with Gasteiger partial charge in [0.05, 0.1) is 13.2 Å². The Balaban J connectivity index is 2.08. The molecule has 0 saturated carbocycles. The molecule has 0 radical (unpaired) electrons. The van der Waals surface area contributed by atoms with Crippen molar-refractivity contribution in [1.29, 1.82) is 0 Å². The van der Waals surface area contributed by atoms with Gasteiger partial charge in [-0.3, -0.25) is 4.79 Å². The lowest BCUT2D eigenvalue weighted by molar-refractivity contribution is -0.120. The number of aryl methyl sites for hydroxylation is 1. The van der Waals surface area contributed by atoms with Crippen LogP contribution in [0, 0.1) is 12.8 Å². The summed E-state index contributed by atoms with van der Waals surface area (Å²) in [5.74, 6) is 1.16. The first-order valence-electron chi connectivity index (χ1n) is 6.76. The van der Waals surface area contributed by atoms with E-state index in [1.54, 1.807) is 7.11 Å². The Bertz CT molecular complexity index is 459. The SMILES string of the molecule is COc1ccc(C)cc1CC1CCNC(C(N)=O)C1. The van der Waals surface area contributed by atoms with Gasteiger partial charge in [-0.05, 0) is 50.3 Å². The Morgan fingerprint density at radius 1 is 1.53 bits per heavy atom. The van der Waals surface area contributed by atoms with E-state index in [4.69, 9.17) is 10.5 Å². The zero-order chi connectivity index (χ0) is 13.8. The van der Waals surface area contributed by atoms with Crippen molar-refractivity contribution in [3.63, 3.8) is 0 Å². The number of carbonyl (C=O) groups is 1. The zero-order valence-corrected chi connectivity index (χ0v) is 11.6. The second kappa shape index (κ2) is 6.06. The van der Waals surface area contributed by atoms with Crippen LogP contribution in [0.25, 0.3) is 0 Å². The van der Waals surface area contributed by atoms with Crippen LogP contribution in [-0.2, 0) is 11.2 Å². The number of carbonyl (C=O) groups excluding carboxylic acids is 1. The lowest BCUT2D eigenvalue weighted by atomic mass is 9.86. The van der Waals surface area contributed by atoms with Crippen LogP contribution < -0.4 is 15.8 Å². The van der Waals surface area contributed by atoms with Gasteiger partial charge in [0.2, 0.25) is 5.91 Å². The summed E-state index contributed by atoms with van der Waals surface area (Å²) < 4.78 is 5.41. The quantitative estimate of drug-likeness (QED) is 0.862. The molecule has 1 aromatic carbocycles. The van der Waals surface area contributed by atoms with Gasteiger partial charge in [0.15, 0.2) is 0 Å². The maximum Gasteiger partial charge on any atom is 0.234 e. The molecule has 0 aromatic heterocycles. The van der Waals surface area contributed by atoms with Gasteiger partial charge in [0.1, 0.15) is 5.75 Å².